The van der Waals surface area contributed by atoms with Gasteiger partial charge in [-0.3, -0.25) is 4.98 Å². The first-order valence-electron chi connectivity index (χ1n) is 6.24. The summed E-state index contributed by atoms with van der Waals surface area (Å²) in [6.07, 6.45) is 3.37. The van der Waals surface area contributed by atoms with Gasteiger partial charge in [0.1, 0.15) is 11.6 Å². The highest BCUT2D eigenvalue weighted by molar-refractivity contribution is 6.30. The van der Waals surface area contributed by atoms with Gasteiger partial charge in [0, 0.05) is 22.8 Å². The maximum absolute atomic E-state index is 13.8. The highest BCUT2D eigenvalue weighted by Crippen LogP contribution is 2.28. The monoisotopic (exact) mass is 294 g/mol. The maximum Gasteiger partial charge on any atom is 0.146 e. The summed E-state index contributed by atoms with van der Waals surface area (Å²) >= 11 is 6.02. The summed E-state index contributed by atoms with van der Waals surface area (Å²) in [5.41, 5.74) is 1.50. The molecular formula is C15H16ClFN2O. The molecule has 0 bridgehead atoms. The van der Waals surface area contributed by atoms with E-state index in [4.69, 9.17) is 16.3 Å². The molecule has 0 aliphatic rings. The van der Waals surface area contributed by atoms with Crippen molar-refractivity contribution in [2.75, 3.05) is 14.2 Å². The van der Waals surface area contributed by atoms with Crippen LogP contribution < -0.4 is 10.1 Å². The number of rotatable bonds is 5. The van der Waals surface area contributed by atoms with Crippen LogP contribution in [0.25, 0.3) is 0 Å². The number of pyridine rings is 1. The lowest BCUT2D eigenvalue weighted by atomic mass is 9.99. The van der Waals surface area contributed by atoms with E-state index in [0.717, 1.165) is 11.3 Å². The third-order valence-corrected chi connectivity index (χ3v) is 3.43. The van der Waals surface area contributed by atoms with Gasteiger partial charge in [-0.05, 0) is 43.3 Å². The molecule has 0 spiro atoms. The van der Waals surface area contributed by atoms with E-state index in [0.29, 0.717) is 17.0 Å². The number of ether oxygens (including phenoxy) is 1. The predicted molar refractivity (Wildman–Crippen MR) is 77.7 cm³/mol. The van der Waals surface area contributed by atoms with Crippen molar-refractivity contribution in [3.8, 4) is 5.75 Å². The molecule has 1 N–H and O–H groups in total. The number of aromatic nitrogens is 1. The highest BCUT2D eigenvalue weighted by Gasteiger charge is 2.16. The molecule has 0 saturated heterocycles. The molecule has 0 fully saturated rings. The molecule has 1 heterocycles. The first-order valence-corrected chi connectivity index (χ1v) is 6.62. The fourth-order valence-corrected chi connectivity index (χ4v) is 2.36. The van der Waals surface area contributed by atoms with Gasteiger partial charge in [-0.25, -0.2) is 4.39 Å². The molecule has 0 radical (unpaired) electrons. The Labute approximate surface area is 122 Å². The second-order valence-electron chi connectivity index (χ2n) is 4.40. The first kappa shape index (κ1) is 14.8. The van der Waals surface area contributed by atoms with Gasteiger partial charge in [-0.15, -0.1) is 0 Å². The van der Waals surface area contributed by atoms with Gasteiger partial charge < -0.3 is 10.1 Å². The smallest absolute Gasteiger partial charge is 0.146 e. The maximum atomic E-state index is 13.8. The molecule has 5 heteroatoms. The standard InChI is InChI=1S/C15H16ClFN2O/c1-18-14(12-5-6-19-9-13(12)17)8-10-7-11(16)3-4-15(10)20-2/h3-7,9,14,18H,8H2,1-2H3. The predicted octanol–water partition coefficient (Wildman–Crippen LogP) is 3.39. The van der Waals surface area contributed by atoms with Crippen LogP contribution in [-0.4, -0.2) is 19.1 Å². The summed E-state index contributed by atoms with van der Waals surface area (Å²) in [5, 5.41) is 3.74. The van der Waals surface area contributed by atoms with Gasteiger partial charge in [0.05, 0.1) is 13.3 Å². The van der Waals surface area contributed by atoms with Crippen molar-refractivity contribution in [1.29, 1.82) is 0 Å². The third kappa shape index (κ3) is 3.26. The van der Waals surface area contributed by atoms with Gasteiger partial charge in [0.25, 0.3) is 0 Å². The average molecular weight is 295 g/mol. The molecular weight excluding hydrogens is 279 g/mol. The Morgan fingerprint density at radius 3 is 2.85 bits per heavy atom. The summed E-state index contributed by atoms with van der Waals surface area (Å²) in [5.74, 6) is 0.414. The molecule has 3 nitrogen and oxygen atoms in total. The highest BCUT2D eigenvalue weighted by atomic mass is 35.5. The molecule has 1 aromatic carbocycles. The molecule has 0 aliphatic heterocycles. The molecule has 0 amide bonds. The number of hydrogen-bond donors (Lipinski definition) is 1. The van der Waals surface area contributed by atoms with Crippen molar-refractivity contribution in [1.82, 2.24) is 10.3 Å². The Hall–Kier alpha value is -1.65. The van der Waals surface area contributed by atoms with Crippen LogP contribution in [0.1, 0.15) is 17.2 Å². The molecule has 1 unspecified atom stereocenters. The van der Waals surface area contributed by atoms with Crippen molar-refractivity contribution in [2.45, 2.75) is 12.5 Å². The van der Waals surface area contributed by atoms with E-state index in [9.17, 15) is 4.39 Å². The third-order valence-electron chi connectivity index (χ3n) is 3.19. The van der Waals surface area contributed by atoms with Crippen LogP contribution in [0.5, 0.6) is 5.75 Å². The largest absolute Gasteiger partial charge is 0.496 e. The van der Waals surface area contributed by atoms with Crippen molar-refractivity contribution in [2.24, 2.45) is 0 Å². The van der Waals surface area contributed by atoms with Gasteiger partial charge in [-0.2, -0.15) is 0 Å². The van der Waals surface area contributed by atoms with E-state index in [1.165, 1.54) is 6.20 Å². The van der Waals surface area contributed by atoms with Crippen molar-refractivity contribution in [3.63, 3.8) is 0 Å². The van der Waals surface area contributed by atoms with Crippen LogP contribution in [0.15, 0.2) is 36.7 Å². The second-order valence-corrected chi connectivity index (χ2v) is 4.84. The van der Waals surface area contributed by atoms with Gasteiger partial charge in [0.15, 0.2) is 0 Å². The van der Waals surface area contributed by atoms with Crippen molar-refractivity contribution in [3.05, 3.63) is 58.6 Å². The number of methoxy groups -OCH3 is 1. The fourth-order valence-electron chi connectivity index (χ4n) is 2.16. The zero-order valence-electron chi connectivity index (χ0n) is 11.4. The molecule has 0 saturated carbocycles. The first-order chi connectivity index (χ1) is 9.65. The summed E-state index contributed by atoms with van der Waals surface area (Å²) in [7, 11) is 3.40. The number of benzene rings is 1. The van der Waals surface area contributed by atoms with Crippen molar-refractivity contribution < 1.29 is 9.13 Å². The van der Waals surface area contributed by atoms with Crippen LogP contribution in [0, 0.1) is 5.82 Å². The molecule has 2 aromatic rings. The summed E-state index contributed by atoms with van der Waals surface area (Å²) in [4.78, 5) is 3.77. The van der Waals surface area contributed by atoms with E-state index in [1.54, 1.807) is 32.5 Å². The zero-order chi connectivity index (χ0) is 14.5. The lowest BCUT2D eigenvalue weighted by Gasteiger charge is -2.19. The van der Waals surface area contributed by atoms with E-state index >= 15 is 0 Å². The fraction of sp³-hybridized carbons (Fsp3) is 0.267. The summed E-state index contributed by atoms with van der Waals surface area (Å²) in [6.45, 7) is 0. The Balaban J connectivity index is 2.31. The van der Waals surface area contributed by atoms with E-state index < -0.39 is 0 Å². The zero-order valence-corrected chi connectivity index (χ0v) is 12.1. The number of nitrogens with one attached hydrogen (secondary N) is 1. The van der Waals surface area contributed by atoms with E-state index in [1.807, 2.05) is 12.1 Å². The number of halogens is 2. The molecule has 20 heavy (non-hydrogen) atoms. The summed E-state index contributed by atoms with van der Waals surface area (Å²) < 4.78 is 19.2. The lowest BCUT2D eigenvalue weighted by Crippen LogP contribution is -2.20. The minimum atomic E-state index is -0.326. The van der Waals surface area contributed by atoms with Crippen molar-refractivity contribution >= 4 is 11.6 Å². The summed E-state index contributed by atoms with van der Waals surface area (Å²) in [6, 6.07) is 6.92. The van der Waals surface area contributed by atoms with E-state index in [-0.39, 0.29) is 11.9 Å². The minimum Gasteiger partial charge on any atom is -0.496 e. The molecule has 1 aromatic heterocycles. The Bertz CT molecular complexity index is 592. The van der Waals surface area contributed by atoms with Crippen LogP contribution in [0.3, 0.4) is 0 Å². The van der Waals surface area contributed by atoms with Crippen LogP contribution in [0.2, 0.25) is 5.02 Å². The Morgan fingerprint density at radius 1 is 1.40 bits per heavy atom. The normalized spacial score (nSPS) is 12.2. The minimum absolute atomic E-state index is 0.176. The van der Waals surface area contributed by atoms with Gasteiger partial charge >= 0.3 is 0 Å². The lowest BCUT2D eigenvalue weighted by molar-refractivity contribution is 0.406. The quantitative estimate of drug-likeness (QED) is 0.918. The van der Waals surface area contributed by atoms with Gasteiger partial charge in [0.2, 0.25) is 0 Å². The van der Waals surface area contributed by atoms with Crippen LogP contribution in [-0.2, 0) is 6.42 Å². The Kier molecular flexibility index (Phi) is 4.93. The van der Waals surface area contributed by atoms with Crippen LogP contribution >= 0.6 is 11.6 Å². The number of nitrogens with zero attached hydrogens (tertiary/aromatic N) is 1. The number of likely N-dealkylation sites (N-methyl/N-ethyl adjacent to an activating group) is 1. The molecule has 1 atom stereocenters. The molecule has 0 aliphatic carbocycles. The number of hydrogen-bond acceptors (Lipinski definition) is 3. The SMILES string of the molecule is CNC(Cc1cc(Cl)ccc1OC)c1ccncc1F. The van der Waals surface area contributed by atoms with Crippen LogP contribution in [0.4, 0.5) is 4.39 Å². The molecule has 106 valence electrons. The van der Waals surface area contributed by atoms with Gasteiger partial charge in [-0.1, -0.05) is 11.6 Å². The second kappa shape index (κ2) is 6.68. The topological polar surface area (TPSA) is 34.1 Å². The Morgan fingerprint density at radius 2 is 2.20 bits per heavy atom. The molecule has 2 rings (SSSR count). The van der Waals surface area contributed by atoms with E-state index in [2.05, 4.69) is 10.3 Å². The average Bonchev–Trinajstić information content (AvgIpc) is 2.46.